The minimum atomic E-state index is -0.612. The minimum Gasteiger partial charge on any atom is -0.508 e. The smallest absolute Gasteiger partial charge is 0.255 e. The molecule has 0 bridgehead atoms. The van der Waals surface area contributed by atoms with Crippen molar-refractivity contribution in [1.29, 1.82) is 0 Å². The largest absolute Gasteiger partial charge is 0.508 e. The van der Waals surface area contributed by atoms with Crippen LogP contribution in [0.4, 0.5) is 5.69 Å². The van der Waals surface area contributed by atoms with Crippen molar-refractivity contribution in [1.82, 2.24) is 10.2 Å². The van der Waals surface area contributed by atoms with E-state index in [0.29, 0.717) is 31.2 Å². The third-order valence-electron chi connectivity index (χ3n) is 11.3. The maximum absolute atomic E-state index is 13.2. The number of carbonyl (C=O) groups excluding carboxylic acids is 3. The van der Waals surface area contributed by atoms with Crippen molar-refractivity contribution in [3.05, 3.63) is 149 Å². The van der Waals surface area contributed by atoms with Crippen LogP contribution in [0.3, 0.4) is 0 Å². The average Bonchev–Trinajstić information content (AvgIpc) is 3.78. The van der Waals surface area contributed by atoms with E-state index in [0.717, 1.165) is 77.7 Å². The summed E-state index contributed by atoms with van der Waals surface area (Å²) in [4.78, 5) is 38.8. The van der Waals surface area contributed by atoms with E-state index in [-0.39, 0.29) is 24.0 Å². The van der Waals surface area contributed by atoms with Gasteiger partial charge in [-0.25, -0.2) is 0 Å². The van der Waals surface area contributed by atoms with E-state index in [9.17, 15) is 19.5 Å². The topological polar surface area (TPSA) is 108 Å². The molecule has 8 nitrogen and oxygen atoms in total. The lowest BCUT2D eigenvalue weighted by molar-refractivity contribution is -0.136. The van der Waals surface area contributed by atoms with E-state index in [1.165, 1.54) is 22.4 Å². The molecular weight excluding hydrogens is 699 g/mol. The van der Waals surface area contributed by atoms with Gasteiger partial charge in [-0.15, -0.1) is 0 Å². The zero-order valence-electron chi connectivity index (χ0n) is 31.7. The number of hydrogen-bond acceptors (Lipinski definition) is 6. The summed E-state index contributed by atoms with van der Waals surface area (Å²) in [6, 6.07) is 38.6. The van der Waals surface area contributed by atoms with E-state index in [1.807, 2.05) is 30.3 Å². The average molecular weight is 746 g/mol. The number of nitrogens with zero attached hydrogens (tertiary/aromatic N) is 1. The second-order valence-corrected chi connectivity index (χ2v) is 15.0. The molecule has 3 N–H and O–H groups in total. The van der Waals surface area contributed by atoms with Crippen LogP contribution in [0.2, 0.25) is 0 Å². The number of piperidine rings is 1. The van der Waals surface area contributed by atoms with Crippen LogP contribution in [0, 0.1) is 0 Å². The molecule has 8 heteroatoms. The van der Waals surface area contributed by atoms with Gasteiger partial charge < -0.3 is 20.1 Å². The fourth-order valence-corrected chi connectivity index (χ4v) is 8.43. The van der Waals surface area contributed by atoms with Crippen molar-refractivity contribution in [2.45, 2.75) is 76.9 Å². The Morgan fingerprint density at radius 3 is 2.23 bits per heavy atom. The lowest BCUT2D eigenvalue weighted by atomic mass is 9.88. The maximum atomic E-state index is 13.2. The number of fused-ring (bicyclic) bond motifs is 2. The summed E-state index contributed by atoms with van der Waals surface area (Å²) >= 11 is 0. The number of allylic oxidation sites excluding steroid dienone is 1. The predicted octanol–water partition coefficient (Wildman–Crippen LogP) is 9.17. The number of rotatable bonds is 13. The van der Waals surface area contributed by atoms with E-state index in [1.54, 1.807) is 17.0 Å². The van der Waals surface area contributed by atoms with Crippen LogP contribution < -0.4 is 15.4 Å². The number of unbranched alkanes of at least 4 members (excludes halogenated alkanes) is 2. The monoisotopic (exact) mass is 745 g/mol. The molecule has 284 valence electrons. The molecule has 0 aromatic heterocycles. The van der Waals surface area contributed by atoms with Gasteiger partial charge in [0.05, 0.1) is 6.61 Å². The number of hydrogen-bond donors (Lipinski definition) is 3. The van der Waals surface area contributed by atoms with E-state index >= 15 is 0 Å². The van der Waals surface area contributed by atoms with Crippen LogP contribution in [0.5, 0.6) is 11.5 Å². The zero-order valence-corrected chi connectivity index (χ0v) is 31.7. The number of phenolic OH excluding ortho intramolecular Hbond substituents is 1. The number of carbonyl (C=O) groups is 3. The summed E-state index contributed by atoms with van der Waals surface area (Å²) in [7, 11) is 0. The number of amides is 3. The molecule has 5 aromatic rings. The first-order chi connectivity index (χ1) is 27.3. The van der Waals surface area contributed by atoms with Gasteiger partial charge in [0.2, 0.25) is 11.8 Å². The number of anilines is 1. The summed E-state index contributed by atoms with van der Waals surface area (Å²) in [5, 5.41) is 16.0. The van der Waals surface area contributed by atoms with Gasteiger partial charge in [-0.3, -0.25) is 19.7 Å². The molecule has 1 saturated heterocycles. The fraction of sp³-hybridized carbons (Fsp3) is 0.271. The highest BCUT2D eigenvalue weighted by Crippen LogP contribution is 2.37. The van der Waals surface area contributed by atoms with Gasteiger partial charge in [0.15, 0.2) is 0 Å². The molecule has 0 aliphatic carbocycles. The van der Waals surface area contributed by atoms with Crippen LogP contribution >= 0.6 is 0 Å². The van der Waals surface area contributed by atoms with Crippen LogP contribution in [-0.4, -0.2) is 46.4 Å². The van der Waals surface area contributed by atoms with Crippen LogP contribution in [0.25, 0.3) is 22.3 Å². The minimum absolute atomic E-state index is 0.151. The Balaban J connectivity index is 0.819. The van der Waals surface area contributed by atoms with Crippen molar-refractivity contribution in [3.63, 3.8) is 0 Å². The van der Waals surface area contributed by atoms with E-state index in [4.69, 9.17) is 4.74 Å². The molecule has 3 heterocycles. The lowest BCUT2D eigenvalue weighted by Crippen LogP contribution is -2.52. The van der Waals surface area contributed by atoms with Crippen molar-refractivity contribution in [2.75, 3.05) is 11.9 Å². The quantitative estimate of drug-likeness (QED) is 0.0631. The molecular formula is C48H47N3O5. The highest BCUT2D eigenvalue weighted by Gasteiger charge is 2.39. The van der Waals surface area contributed by atoms with Crippen molar-refractivity contribution >= 4 is 34.6 Å². The molecule has 56 heavy (non-hydrogen) atoms. The Morgan fingerprint density at radius 2 is 1.50 bits per heavy atom. The predicted molar refractivity (Wildman–Crippen MR) is 220 cm³/mol. The molecule has 3 amide bonds. The number of ether oxygens (including phenoxy) is 1. The van der Waals surface area contributed by atoms with Crippen molar-refractivity contribution in [2.24, 2.45) is 0 Å². The number of benzene rings is 5. The normalized spacial score (nSPS) is 17.9. The molecule has 1 fully saturated rings. The van der Waals surface area contributed by atoms with Crippen LogP contribution in [0.15, 0.2) is 115 Å². The Kier molecular flexibility index (Phi) is 10.7. The summed E-state index contributed by atoms with van der Waals surface area (Å²) in [5.74, 6) is 0.295. The van der Waals surface area contributed by atoms with E-state index in [2.05, 4.69) is 90.4 Å². The lowest BCUT2D eigenvalue weighted by Gasteiger charge is -2.29. The first kappa shape index (κ1) is 36.8. The van der Waals surface area contributed by atoms with Gasteiger partial charge in [0.1, 0.15) is 17.5 Å². The number of imide groups is 1. The highest BCUT2D eigenvalue weighted by molar-refractivity contribution is 6.05. The zero-order chi connectivity index (χ0) is 38.6. The van der Waals surface area contributed by atoms with Gasteiger partial charge >= 0.3 is 0 Å². The van der Waals surface area contributed by atoms with Crippen LogP contribution in [0.1, 0.15) is 90.0 Å². The fourth-order valence-electron chi connectivity index (χ4n) is 8.43. The molecule has 2 atom stereocenters. The number of nitrogens with one attached hydrogen (secondary N) is 2. The number of aromatic hydroxyl groups is 1. The summed E-state index contributed by atoms with van der Waals surface area (Å²) in [6.45, 7) is 3.22. The standard InChI is InChI=1S/C48H47N3O5/c1-2-41(31-9-5-3-6-10-31)46(32-12-18-39(52)19-13-32)33-14-20-40(21-15-33)56-26-8-4-7-11-38-29-36-27-35(17-23-43(36)49-38)34-16-22-42-37(28-34)30-51(48(42)55)44-24-25-45(53)50-47(44)54/h3,5-6,9-10,12-23,27-28,38,44,49,52H,2,4,7-8,11,24-26,29-30H2,1H3,(H,50,53,54)/b46-41-. The Bertz CT molecular complexity index is 2280. The van der Waals surface area contributed by atoms with Gasteiger partial charge in [-0.05, 0) is 137 Å². The maximum Gasteiger partial charge on any atom is 0.255 e. The third-order valence-corrected chi connectivity index (χ3v) is 11.3. The second-order valence-electron chi connectivity index (χ2n) is 15.0. The second kappa shape index (κ2) is 16.3. The molecule has 5 aromatic carbocycles. The molecule has 2 unspecified atom stereocenters. The first-order valence-corrected chi connectivity index (χ1v) is 19.8. The SMILES string of the molecule is CC/C(=C(\c1ccc(O)cc1)c1ccc(OCCCCCC2Cc3cc(-c4ccc5c(c4)CN(C4CCC(=O)NC4=O)C5=O)ccc3N2)cc1)c1ccccc1. The van der Waals surface area contributed by atoms with Gasteiger partial charge in [0.25, 0.3) is 5.91 Å². The van der Waals surface area contributed by atoms with Gasteiger partial charge in [-0.2, -0.15) is 0 Å². The van der Waals surface area contributed by atoms with Gasteiger partial charge in [0, 0.05) is 30.3 Å². The molecule has 8 rings (SSSR count). The van der Waals surface area contributed by atoms with Gasteiger partial charge in [-0.1, -0.05) is 80.1 Å². The summed E-state index contributed by atoms with van der Waals surface area (Å²) in [6.07, 6.45) is 6.73. The third kappa shape index (κ3) is 7.83. The molecule has 0 spiro atoms. The Labute approximate surface area is 328 Å². The molecule has 0 radical (unpaired) electrons. The molecule has 3 aliphatic heterocycles. The summed E-state index contributed by atoms with van der Waals surface area (Å²) < 4.78 is 6.17. The first-order valence-electron chi connectivity index (χ1n) is 19.8. The van der Waals surface area contributed by atoms with E-state index < -0.39 is 11.9 Å². The highest BCUT2D eigenvalue weighted by atomic mass is 16.5. The Morgan fingerprint density at radius 1 is 0.786 bits per heavy atom. The molecule has 0 saturated carbocycles. The van der Waals surface area contributed by atoms with Crippen molar-refractivity contribution < 1.29 is 24.2 Å². The van der Waals surface area contributed by atoms with Crippen molar-refractivity contribution in [3.8, 4) is 22.6 Å². The number of phenols is 1. The van der Waals surface area contributed by atoms with Crippen LogP contribution in [-0.2, 0) is 22.6 Å². The molecule has 3 aliphatic rings. The summed E-state index contributed by atoms with van der Waals surface area (Å²) in [5.41, 5.74) is 12.0. The Hall–Kier alpha value is -6.15.